The normalized spacial score (nSPS) is 18.6. The lowest BCUT2D eigenvalue weighted by molar-refractivity contribution is -0.136. The van der Waals surface area contributed by atoms with Crippen molar-refractivity contribution in [2.75, 3.05) is 10.2 Å². The number of rotatable bonds is 4. The molecule has 0 radical (unpaired) electrons. The number of amides is 2. The standard InChI is InChI=1S/C16H20N2O4S/c1-9(23-10(2)14(20)21)13(19)18-12-8-6-5-7-11(12)17-15(22)16(18,3)4/h5-10H,1-4H3,(H,17,22)(H,20,21)/t9-,10+/m0/s1. The Labute approximate surface area is 139 Å². The van der Waals surface area contributed by atoms with E-state index in [9.17, 15) is 14.4 Å². The summed E-state index contributed by atoms with van der Waals surface area (Å²) in [6.07, 6.45) is 0. The third-order valence-corrected chi connectivity index (χ3v) is 5.05. The van der Waals surface area contributed by atoms with Crippen molar-refractivity contribution in [2.24, 2.45) is 0 Å². The van der Waals surface area contributed by atoms with Crippen LogP contribution in [-0.4, -0.2) is 38.9 Å². The third kappa shape index (κ3) is 3.19. The van der Waals surface area contributed by atoms with E-state index in [0.29, 0.717) is 11.4 Å². The Morgan fingerprint density at radius 3 is 2.43 bits per heavy atom. The van der Waals surface area contributed by atoms with Crippen LogP contribution in [0.3, 0.4) is 0 Å². The van der Waals surface area contributed by atoms with Gasteiger partial charge in [0.2, 0.25) is 11.8 Å². The van der Waals surface area contributed by atoms with E-state index in [2.05, 4.69) is 5.32 Å². The van der Waals surface area contributed by atoms with E-state index in [1.54, 1.807) is 52.0 Å². The van der Waals surface area contributed by atoms with Crippen LogP contribution in [0.2, 0.25) is 0 Å². The SMILES string of the molecule is C[C@H](S[C@H](C)C(=O)O)C(=O)N1c2ccccc2NC(=O)C1(C)C. The van der Waals surface area contributed by atoms with Crippen molar-refractivity contribution >= 4 is 40.9 Å². The van der Waals surface area contributed by atoms with Crippen LogP contribution in [0.15, 0.2) is 24.3 Å². The molecule has 6 nitrogen and oxygen atoms in total. The van der Waals surface area contributed by atoms with Crippen LogP contribution in [0.1, 0.15) is 27.7 Å². The number of hydrogen-bond acceptors (Lipinski definition) is 4. The van der Waals surface area contributed by atoms with E-state index in [4.69, 9.17) is 5.11 Å². The van der Waals surface area contributed by atoms with Crippen molar-refractivity contribution in [3.05, 3.63) is 24.3 Å². The van der Waals surface area contributed by atoms with Gasteiger partial charge in [0.05, 0.1) is 16.6 Å². The molecule has 1 aromatic rings. The number of carbonyl (C=O) groups excluding carboxylic acids is 2. The molecule has 2 amide bonds. The van der Waals surface area contributed by atoms with E-state index >= 15 is 0 Å². The number of carboxylic acids is 1. The number of thioether (sulfide) groups is 1. The zero-order valence-corrected chi connectivity index (χ0v) is 14.3. The third-order valence-electron chi connectivity index (χ3n) is 3.83. The first-order valence-electron chi connectivity index (χ1n) is 7.29. The first kappa shape index (κ1) is 17.3. The fraction of sp³-hybridized carbons (Fsp3) is 0.438. The molecule has 1 heterocycles. The molecule has 0 fully saturated rings. The van der Waals surface area contributed by atoms with Gasteiger partial charge in [-0.3, -0.25) is 19.3 Å². The monoisotopic (exact) mass is 336 g/mol. The van der Waals surface area contributed by atoms with Crippen LogP contribution in [0, 0.1) is 0 Å². The highest BCUT2D eigenvalue weighted by Crippen LogP contribution is 2.38. The number of aliphatic carboxylic acids is 1. The summed E-state index contributed by atoms with van der Waals surface area (Å²) in [5.74, 6) is -1.52. The Bertz CT molecular complexity index is 659. The van der Waals surface area contributed by atoms with Gasteiger partial charge in [0.25, 0.3) is 0 Å². The number of fused-ring (bicyclic) bond motifs is 1. The van der Waals surface area contributed by atoms with Gasteiger partial charge in [-0.15, -0.1) is 11.8 Å². The predicted molar refractivity (Wildman–Crippen MR) is 90.8 cm³/mol. The summed E-state index contributed by atoms with van der Waals surface area (Å²) in [7, 11) is 0. The van der Waals surface area contributed by atoms with Gasteiger partial charge in [-0.05, 0) is 39.8 Å². The van der Waals surface area contributed by atoms with Gasteiger partial charge in [-0.25, -0.2) is 0 Å². The molecular formula is C16H20N2O4S. The summed E-state index contributed by atoms with van der Waals surface area (Å²) in [5, 5.41) is 10.5. The van der Waals surface area contributed by atoms with Crippen LogP contribution in [-0.2, 0) is 14.4 Å². The molecule has 1 aliphatic heterocycles. The second-order valence-electron chi connectivity index (χ2n) is 5.96. The fourth-order valence-electron chi connectivity index (χ4n) is 2.45. The summed E-state index contributed by atoms with van der Waals surface area (Å²) in [5.41, 5.74) is 0.151. The average molecular weight is 336 g/mol. The molecule has 0 unspecified atom stereocenters. The van der Waals surface area contributed by atoms with Gasteiger partial charge >= 0.3 is 5.97 Å². The minimum Gasteiger partial charge on any atom is -0.480 e. The predicted octanol–water partition coefficient (Wildman–Crippen LogP) is 2.35. The minimum absolute atomic E-state index is 0.270. The minimum atomic E-state index is -1.05. The van der Waals surface area contributed by atoms with Crippen molar-refractivity contribution in [3.8, 4) is 0 Å². The van der Waals surface area contributed by atoms with Gasteiger partial charge in [0, 0.05) is 0 Å². The lowest BCUT2D eigenvalue weighted by Gasteiger charge is -2.43. The molecule has 2 N–H and O–H groups in total. The summed E-state index contributed by atoms with van der Waals surface area (Å²) >= 11 is 1.06. The van der Waals surface area contributed by atoms with Crippen molar-refractivity contribution in [2.45, 2.75) is 43.7 Å². The van der Waals surface area contributed by atoms with Gasteiger partial charge in [0.15, 0.2) is 0 Å². The second kappa shape index (κ2) is 6.23. The number of hydrogen-bond donors (Lipinski definition) is 2. The van der Waals surface area contributed by atoms with Gasteiger partial charge in [0.1, 0.15) is 10.8 Å². The molecule has 2 rings (SSSR count). The van der Waals surface area contributed by atoms with E-state index in [1.165, 1.54) is 4.90 Å². The number of para-hydroxylation sites is 2. The van der Waals surface area contributed by atoms with Crippen LogP contribution < -0.4 is 10.2 Å². The lowest BCUT2D eigenvalue weighted by Crippen LogP contribution is -2.60. The first-order chi connectivity index (χ1) is 10.7. The molecule has 2 atom stereocenters. The van der Waals surface area contributed by atoms with Crippen LogP contribution in [0.25, 0.3) is 0 Å². The topological polar surface area (TPSA) is 86.7 Å². The fourth-order valence-corrected chi connectivity index (χ4v) is 3.40. The second-order valence-corrected chi connectivity index (χ2v) is 7.65. The molecular weight excluding hydrogens is 316 g/mol. The van der Waals surface area contributed by atoms with E-state index in [-0.39, 0.29) is 11.8 Å². The number of carbonyl (C=O) groups is 3. The lowest BCUT2D eigenvalue weighted by atomic mass is 9.96. The van der Waals surface area contributed by atoms with Gasteiger partial charge in [-0.1, -0.05) is 12.1 Å². The molecule has 7 heteroatoms. The molecule has 0 saturated heterocycles. The Morgan fingerprint density at radius 1 is 1.22 bits per heavy atom. The van der Waals surface area contributed by atoms with Crippen LogP contribution in [0.4, 0.5) is 11.4 Å². The maximum Gasteiger partial charge on any atom is 0.316 e. The highest BCUT2D eigenvalue weighted by Gasteiger charge is 2.45. The zero-order chi connectivity index (χ0) is 17.4. The maximum atomic E-state index is 12.9. The number of anilines is 2. The van der Waals surface area contributed by atoms with Crippen molar-refractivity contribution in [1.82, 2.24) is 0 Å². The van der Waals surface area contributed by atoms with Crippen molar-refractivity contribution in [3.63, 3.8) is 0 Å². The average Bonchev–Trinajstić information content (AvgIpc) is 2.47. The number of benzene rings is 1. The molecule has 124 valence electrons. The Morgan fingerprint density at radius 2 is 1.83 bits per heavy atom. The van der Waals surface area contributed by atoms with E-state index in [1.807, 2.05) is 0 Å². The highest BCUT2D eigenvalue weighted by molar-refractivity contribution is 8.01. The Balaban J connectivity index is 2.37. The summed E-state index contributed by atoms with van der Waals surface area (Å²) < 4.78 is 0. The molecule has 0 spiro atoms. The molecule has 0 bridgehead atoms. The largest absolute Gasteiger partial charge is 0.480 e. The summed E-state index contributed by atoms with van der Waals surface area (Å²) in [4.78, 5) is 37.7. The van der Waals surface area contributed by atoms with E-state index < -0.39 is 22.0 Å². The van der Waals surface area contributed by atoms with E-state index in [0.717, 1.165) is 11.8 Å². The van der Waals surface area contributed by atoms with Crippen LogP contribution in [0.5, 0.6) is 0 Å². The van der Waals surface area contributed by atoms with Crippen molar-refractivity contribution < 1.29 is 19.5 Å². The smallest absolute Gasteiger partial charge is 0.316 e. The van der Waals surface area contributed by atoms with Gasteiger partial charge in [-0.2, -0.15) is 0 Å². The highest BCUT2D eigenvalue weighted by atomic mass is 32.2. The molecule has 0 saturated carbocycles. The molecule has 1 aliphatic rings. The molecule has 1 aromatic carbocycles. The number of nitrogens with one attached hydrogen (secondary N) is 1. The number of nitrogens with zero attached hydrogens (tertiary/aromatic N) is 1. The first-order valence-corrected chi connectivity index (χ1v) is 8.23. The Hall–Kier alpha value is -2.02. The van der Waals surface area contributed by atoms with Crippen LogP contribution >= 0.6 is 11.8 Å². The molecule has 0 aromatic heterocycles. The zero-order valence-electron chi connectivity index (χ0n) is 13.5. The number of carboxylic acid groups (broad SMARTS) is 1. The quantitative estimate of drug-likeness (QED) is 0.881. The van der Waals surface area contributed by atoms with Gasteiger partial charge < -0.3 is 10.4 Å². The maximum absolute atomic E-state index is 12.9. The summed E-state index contributed by atoms with van der Waals surface area (Å²) in [6.45, 7) is 6.55. The molecule has 23 heavy (non-hydrogen) atoms. The molecule has 0 aliphatic carbocycles. The summed E-state index contributed by atoms with van der Waals surface area (Å²) in [6, 6.07) is 7.09. The van der Waals surface area contributed by atoms with Crippen molar-refractivity contribution in [1.29, 1.82) is 0 Å². The Kier molecular flexibility index (Phi) is 4.70.